The third-order valence-electron chi connectivity index (χ3n) is 4.28. The van der Waals surface area contributed by atoms with Crippen molar-refractivity contribution in [3.63, 3.8) is 0 Å². The van der Waals surface area contributed by atoms with Crippen molar-refractivity contribution in [2.75, 3.05) is 19.6 Å². The second kappa shape index (κ2) is 6.35. The number of nitrogens with zero attached hydrogens (tertiary/aromatic N) is 1. The number of nitrogens with two attached hydrogens (primary N) is 1. The first kappa shape index (κ1) is 13.6. The molecule has 0 saturated carbocycles. The van der Waals surface area contributed by atoms with E-state index in [1.807, 2.05) is 6.07 Å². The summed E-state index contributed by atoms with van der Waals surface area (Å²) in [4.78, 5) is 2.59. The summed E-state index contributed by atoms with van der Waals surface area (Å²) < 4.78 is 0. The van der Waals surface area contributed by atoms with Crippen molar-refractivity contribution in [1.82, 2.24) is 4.90 Å². The van der Waals surface area contributed by atoms with Crippen molar-refractivity contribution in [2.45, 2.75) is 32.7 Å². The number of rotatable bonds is 5. The molecule has 0 aliphatic carbocycles. The molecule has 2 nitrogen and oxygen atoms in total. The lowest BCUT2D eigenvalue weighted by Gasteiger charge is -2.17. The van der Waals surface area contributed by atoms with Gasteiger partial charge in [0.1, 0.15) is 0 Å². The highest BCUT2D eigenvalue weighted by Gasteiger charge is 2.25. The molecule has 2 N–H and O–H groups in total. The van der Waals surface area contributed by atoms with Gasteiger partial charge in [-0.3, -0.25) is 0 Å². The molecular formula is C16H26N2. The number of likely N-dealkylation sites (tertiary alicyclic amines) is 1. The second-order valence-corrected chi connectivity index (χ2v) is 5.87. The molecule has 0 radical (unpaired) electrons. The van der Waals surface area contributed by atoms with E-state index in [-0.39, 0.29) is 6.04 Å². The zero-order valence-electron chi connectivity index (χ0n) is 11.7. The second-order valence-electron chi connectivity index (χ2n) is 5.87. The van der Waals surface area contributed by atoms with E-state index in [1.54, 1.807) is 0 Å². The van der Waals surface area contributed by atoms with Gasteiger partial charge in [-0.2, -0.15) is 0 Å². The highest BCUT2D eigenvalue weighted by molar-refractivity contribution is 5.18. The third-order valence-corrected chi connectivity index (χ3v) is 4.28. The minimum Gasteiger partial charge on any atom is -0.324 e. The fraction of sp³-hybridized carbons (Fsp3) is 0.625. The lowest BCUT2D eigenvalue weighted by Crippen LogP contribution is -2.23. The lowest BCUT2D eigenvalue weighted by molar-refractivity contribution is 0.311. The molecule has 0 spiro atoms. The number of benzene rings is 1. The van der Waals surface area contributed by atoms with Crippen molar-refractivity contribution in [3.05, 3.63) is 35.9 Å². The maximum absolute atomic E-state index is 6.22. The van der Waals surface area contributed by atoms with Crippen LogP contribution in [0, 0.1) is 11.8 Å². The van der Waals surface area contributed by atoms with Gasteiger partial charge in [-0.15, -0.1) is 0 Å². The van der Waals surface area contributed by atoms with Crippen LogP contribution in [0.2, 0.25) is 0 Å². The highest BCUT2D eigenvalue weighted by atomic mass is 15.1. The minimum absolute atomic E-state index is 0.198. The number of hydrogen-bond acceptors (Lipinski definition) is 2. The molecule has 1 aliphatic heterocycles. The van der Waals surface area contributed by atoms with Gasteiger partial charge in [0.05, 0.1) is 0 Å². The van der Waals surface area contributed by atoms with Crippen LogP contribution in [0.5, 0.6) is 0 Å². The Balaban J connectivity index is 1.70. The average molecular weight is 246 g/mol. The smallest absolute Gasteiger partial charge is 0.0295 e. The van der Waals surface area contributed by atoms with Crippen LogP contribution < -0.4 is 5.73 Å². The van der Waals surface area contributed by atoms with E-state index in [9.17, 15) is 0 Å². The van der Waals surface area contributed by atoms with E-state index in [0.717, 1.165) is 18.3 Å². The van der Waals surface area contributed by atoms with Crippen molar-refractivity contribution < 1.29 is 0 Å². The SMILES string of the molecule is CC1CN(CCCC(N)c2ccccc2)CC1C. The van der Waals surface area contributed by atoms with Gasteiger partial charge < -0.3 is 10.6 Å². The maximum atomic E-state index is 6.22. The Morgan fingerprint density at radius 1 is 1.17 bits per heavy atom. The Labute approximate surface area is 111 Å². The average Bonchev–Trinajstić information content (AvgIpc) is 2.69. The van der Waals surface area contributed by atoms with Gasteiger partial charge in [0, 0.05) is 19.1 Å². The molecule has 0 amide bonds. The number of hydrogen-bond donors (Lipinski definition) is 1. The Hall–Kier alpha value is -0.860. The van der Waals surface area contributed by atoms with Crippen molar-refractivity contribution in [1.29, 1.82) is 0 Å². The van der Waals surface area contributed by atoms with E-state index < -0.39 is 0 Å². The maximum Gasteiger partial charge on any atom is 0.0295 e. The van der Waals surface area contributed by atoms with Crippen LogP contribution in [0.1, 0.15) is 38.3 Å². The standard InChI is InChI=1S/C16H26N2/c1-13-11-18(12-14(13)2)10-6-9-16(17)15-7-4-3-5-8-15/h3-5,7-8,13-14,16H,6,9-12,17H2,1-2H3. The van der Waals surface area contributed by atoms with E-state index >= 15 is 0 Å². The molecule has 1 aromatic carbocycles. The summed E-state index contributed by atoms with van der Waals surface area (Å²) in [5.74, 6) is 1.71. The zero-order chi connectivity index (χ0) is 13.0. The summed E-state index contributed by atoms with van der Waals surface area (Å²) in [6.45, 7) is 8.46. The van der Waals surface area contributed by atoms with Gasteiger partial charge in [-0.25, -0.2) is 0 Å². The molecule has 100 valence electrons. The Morgan fingerprint density at radius 3 is 2.39 bits per heavy atom. The Morgan fingerprint density at radius 2 is 1.78 bits per heavy atom. The first-order valence-electron chi connectivity index (χ1n) is 7.19. The predicted octanol–water partition coefficient (Wildman–Crippen LogP) is 3.05. The highest BCUT2D eigenvalue weighted by Crippen LogP contribution is 2.23. The molecule has 2 heteroatoms. The van der Waals surface area contributed by atoms with Crippen LogP contribution in [0.25, 0.3) is 0 Å². The summed E-state index contributed by atoms with van der Waals surface area (Å²) in [6, 6.07) is 10.6. The molecular weight excluding hydrogens is 220 g/mol. The minimum atomic E-state index is 0.198. The quantitative estimate of drug-likeness (QED) is 0.865. The van der Waals surface area contributed by atoms with Gasteiger partial charge in [-0.05, 0) is 36.8 Å². The molecule has 3 unspecified atom stereocenters. The van der Waals surface area contributed by atoms with Crippen LogP contribution in [-0.2, 0) is 0 Å². The molecule has 18 heavy (non-hydrogen) atoms. The van der Waals surface area contributed by atoms with Gasteiger partial charge in [0.15, 0.2) is 0 Å². The summed E-state index contributed by atoms with van der Waals surface area (Å²) in [5, 5.41) is 0. The Bertz CT molecular complexity index is 339. The van der Waals surface area contributed by atoms with Crippen molar-refractivity contribution in [3.8, 4) is 0 Å². The first-order chi connectivity index (χ1) is 8.66. The molecule has 1 aliphatic rings. The van der Waals surface area contributed by atoms with Gasteiger partial charge in [0.2, 0.25) is 0 Å². The lowest BCUT2D eigenvalue weighted by atomic mass is 10.0. The van der Waals surface area contributed by atoms with Crippen molar-refractivity contribution >= 4 is 0 Å². The summed E-state index contributed by atoms with van der Waals surface area (Å²) in [5.41, 5.74) is 7.48. The third kappa shape index (κ3) is 3.56. The van der Waals surface area contributed by atoms with Crippen molar-refractivity contribution in [2.24, 2.45) is 17.6 Å². The summed E-state index contributed by atoms with van der Waals surface area (Å²) in [7, 11) is 0. The summed E-state index contributed by atoms with van der Waals surface area (Å²) >= 11 is 0. The molecule has 1 aromatic rings. The first-order valence-corrected chi connectivity index (χ1v) is 7.19. The predicted molar refractivity (Wildman–Crippen MR) is 77.4 cm³/mol. The largest absolute Gasteiger partial charge is 0.324 e. The molecule has 1 heterocycles. The van der Waals surface area contributed by atoms with Crippen LogP contribution in [-0.4, -0.2) is 24.5 Å². The van der Waals surface area contributed by atoms with E-state index in [1.165, 1.54) is 31.6 Å². The fourth-order valence-electron chi connectivity index (χ4n) is 2.83. The van der Waals surface area contributed by atoms with Crippen LogP contribution >= 0.6 is 0 Å². The van der Waals surface area contributed by atoms with Crippen LogP contribution in [0.4, 0.5) is 0 Å². The monoisotopic (exact) mass is 246 g/mol. The molecule has 2 rings (SSSR count). The van der Waals surface area contributed by atoms with Crippen LogP contribution in [0.15, 0.2) is 30.3 Å². The molecule has 3 atom stereocenters. The van der Waals surface area contributed by atoms with Gasteiger partial charge in [0.25, 0.3) is 0 Å². The zero-order valence-corrected chi connectivity index (χ0v) is 11.7. The molecule has 0 aromatic heterocycles. The molecule has 1 saturated heterocycles. The Kier molecular flexibility index (Phi) is 4.79. The van der Waals surface area contributed by atoms with Gasteiger partial charge >= 0.3 is 0 Å². The topological polar surface area (TPSA) is 29.3 Å². The van der Waals surface area contributed by atoms with Crippen LogP contribution in [0.3, 0.4) is 0 Å². The molecule has 0 bridgehead atoms. The van der Waals surface area contributed by atoms with E-state index in [4.69, 9.17) is 5.73 Å². The van der Waals surface area contributed by atoms with E-state index in [2.05, 4.69) is 43.0 Å². The van der Waals surface area contributed by atoms with E-state index in [0.29, 0.717) is 0 Å². The molecule has 1 fully saturated rings. The van der Waals surface area contributed by atoms with Gasteiger partial charge in [-0.1, -0.05) is 44.2 Å². The normalized spacial score (nSPS) is 26.4. The summed E-state index contributed by atoms with van der Waals surface area (Å²) in [6.07, 6.45) is 2.29. The fourth-order valence-corrected chi connectivity index (χ4v) is 2.83.